The van der Waals surface area contributed by atoms with Crippen molar-refractivity contribution in [2.24, 2.45) is 16.9 Å². The molecule has 1 aromatic carbocycles. The van der Waals surface area contributed by atoms with Gasteiger partial charge in [-0.15, -0.1) is 0 Å². The van der Waals surface area contributed by atoms with Crippen LogP contribution >= 0.6 is 11.6 Å². The largest absolute Gasteiger partial charge is 0.481 e. The first kappa shape index (κ1) is 26.1. The van der Waals surface area contributed by atoms with Gasteiger partial charge in [-0.1, -0.05) is 30.7 Å². The second kappa shape index (κ2) is 10.5. The van der Waals surface area contributed by atoms with Gasteiger partial charge in [-0.2, -0.15) is 18.3 Å². The molecule has 2 aliphatic heterocycles. The van der Waals surface area contributed by atoms with Crippen LogP contribution in [0.2, 0.25) is 5.02 Å². The number of ether oxygens (including phenoxy) is 1. The fourth-order valence-corrected chi connectivity index (χ4v) is 5.16. The van der Waals surface area contributed by atoms with Gasteiger partial charge in [-0.25, -0.2) is 4.98 Å². The molecule has 0 saturated carbocycles. The fourth-order valence-electron chi connectivity index (χ4n) is 4.94. The van der Waals surface area contributed by atoms with Crippen molar-refractivity contribution in [3.63, 3.8) is 0 Å². The third kappa shape index (κ3) is 5.69. The Kier molecular flexibility index (Phi) is 7.63. The lowest BCUT2D eigenvalue weighted by atomic mass is 9.90. The van der Waals surface area contributed by atoms with Gasteiger partial charge in [0.25, 0.3) is 0 Å². The van der Waals surface area contributed by atoms with Crippen LogP contribution in [0.5, 0.6) is 5.88 Å². The number of hydrazone groups is 1. The van der Waals surface area contributed by atoms with Gasteiger partial charge in [0.15, 0.2) is 0 Å². The van der Waals surface area contributed by atoms with Gasteiger partial charge in [0.1, 0.15) is 5.71 Å². The molecule has 3 heterocycles. The number of methoxy groups -OCH3 is 1. The van der Waals surface area contributed by atoms with Crippen LogP contribution in [0.3, 0.4) is 0 Å². The van der Waals surface area contributed by atoms with E-state index in [1.807, 2.05) is 18.2 Å². The molecular formula is C25H28ClF3N4O3. The summed E-state index contributed by atoms with van der Waals surface area (Å²) in [5.74, 6) is -1.23. The van der Waals surface area contributed by atoms with E-state index >= 15 is 0 Å². The first-order valence-electron chi connectivity index (χ1n) is 11.8. The van der Waals surface area contributed by atoms with Gasteiger partial charge in [0.2, 0.25) is 5.88 Å². The molecule has 0 amide bonds. The molecular weight excluding hydrogens is 497 g/mol. The van der Waals surface area contributed by atoms with Crippen LogP contribution in [0.25, 0.3) is 0 Å². The van der Waals surface area contributed by atoms with Crippen LogP contribution in [0, 0.1) is 11.8 Å². The van der Waals surface area contributed by atoms with E-state index < -0.39 is 36.2 Å². The van der Waals surface area contributed by atoms with Gasteiger partial charge in [0.05, 0.1) is 42.2 Å². The Morgan fingerprint density at radius 1 is 1.22 bits per heavy atom. The van der Waals surface area contributed by atoms with Crippen molar-refractivity contribution in [2.45, 2.75) is 44.8 Å². The van der Waals surface area contributed by atoms with E-state index in [2.05, 4.69) is 15.0 Å². The predicted molar refractivity (Wildman–Crippen MR) is 132 cm³/mol. The first-order chi connectivity index (χ1) is 17.1. The van der Waals surface area contributed by atoms with Crippen molar-refractivity contribution in [3.8, 4) is 5.88 Å². The summed E-state index contributed by atoms with van der Waals surface area (Å²) in [7, 11) is 1.57. The zero-order chi connectivity index (χ0) is 26.0. The zero-order valence-corrected chi connectivity index (χ0v) is 20.8. The van der Waals surface area contributed by atoms with Gasteiger partial charge in [-0.3, -0.25) is 9.80 Å². The third-order valence-electron chi connectivity index (χ3n) is 6.91. The lowest BCUT2D eigenvalue weighted by molar-refractivity contribution is -0.137. The number of piperidine rings is 1. The Bertz CT molecular complexity index is 1120. The summed E-state index contributed by atoms with van der Waals surface area (Å²) in [6.07, 6.45) is -0.678. The Morgan fingerprint density at radius 3 is 2.47 bits per heavy atom. The van der Waals surface area contributed by atoms with Crippen LogP contribution < -0.4 is 14.6 Å². The lowest BCUT2D eigenvalue weighted by Gasteiger charge is -2.34. The van der Waals surface area contributed by atoms with Crippen molar-refractivity contribution >= 4 is 34.7 Å². The summed E-state index contributed by atoms with van der Waals surface area (Å²) in [6.45, 7) is 3.05. The number of rotatable bonds is 7. The topological polar surface area (TPSA) is 78.3 Å². The quantitative estimate of drug-likeness (QED) is 0.521. The van der Waals surface area contributed by atoms with Crippen LogP contribution in [-0.4, -0.2) is 54.2 Å². The highest BCUT2D eigenvalue weighted by molar-refractivity contribution is 6.33. The van der Waals surface area contributed by atoms with E-state index in [0.29, 0.717) is 22.5 Å². The molecule has 0 aliphatic carbocycles. The number of benzene rings is 1. The second-order valence-electron chi connectivity index (χ2n) is 9.26. The van der Waals surface area contributed by atoms with E-state index in [4.69, 9.17) is 16.3 Å². The smallest absolute Gasteiger partial charge is 0.431 e. The van der Waals surface area contributed by atoms with Crippen molar-refractivity contribution in [1.29, 1.82) is 0 Å². The first-order valence-corrected chi connectivity index (χ1v) is 12.1. The van der Waals surface area contributed by atoms with Gasteiger partial charge in [-0.05, 0) is 42.9 Å². The number of aliphatic carboxylic acids is 1. The minimum atomic E-state index is -4.61. The highest BCUT2D eigenvalue weighted by Gasteiger charge is 2.48. The third-order valence-corrected chi connectivity index (χ3v) is 7.20. The summed E-state index contributed by atoms with van der Waals surface area (Å²) in [6, 6.07) is 8.15. The van der Waals surface area contributed by atoms with Crippen molar-refractivity contribution in [3.05, 3.63) is 47.1 Å². The number of anilines is 2. The van der Waals surface area contributed by atoms with E-state index in [-0.39, 0.29) is 0 Å². The summed E-state index contributed by atoms with van der Waals surface area (Å²) in [5.41, 5.74) is 1.48. The molecule has 2 aliphatic rings. The van der Waals surface area contributed by atoms with Crippen LogP contribution in [0.4, 0.5) is 24.5 Å². The van der Waals surface area contributed by atoms with E-state index in [1.54, 1.807) is 25.4 Å². The standard InChI is InChI=1S/C25H28ClF3N4O3/c1-15-20(13-23(34)35)33(31-24(15)25(27,28)29)18-5-3-16(4-6-18)11-17-7-9-32(10-8-17)21-12-22(36-2)30-14-19(21)26/h3-6,12,14-15,17,20H,7-11,13H2,1-2H3,(H,34,35)/t15-,20-/m0/s1. The average molecular weight is 525 g/mol. The zero-order valence-electron chi connectivity index (χ0n) is 20.0. The number of nitrogens with zero attached hydrogens (tertiary/aromatic N) is 4. The van der Waals surface area contributed by atoms with Gasteiger partial charge < -0.3 is 14.7 Å². The molecule has 1 aromatic heterocycles. The van der Waals surface area contributed by atoms with Gasteiger partial charge in [0, 0.05) is 25.1 Å². The molecule has 0 unspecified atom stereocenters. The average Bonchev–Trinajstić information content (AvgIpc) is 3.16. The fraction of sp³-hybridized carbons (Fsp3) is 0.480. The number of carbonyl (C=O) groups is 1. The highest BCUT2D eigenvalue weighted by Crippen LogP contribution is 2.37. The molecule has 2 aromatic rings. The van der Waals surface area contributed by atoms with E-state index in [9.17, 15) is 23.1 Å². The molecule has 1 N–H and O–H groups in total. The molecule has 2 atom stereocenters. The summed E-state index contributed by atoms with van der Waals surface area (Å²) in [4.78, 5) is 17.6. The number of carboxylic acids is 1. The van der Waals surface area contributed by atoms with Crippen LogP contribution in [0.15, 0.2) is 41.6 Å². The molecule has 0 radical (unpaired) electrons. The normalized spacial score (nSPS) is 21.0. The molecule has 0 spiro atoms. The summed E-state index contributed by atoms with van der Waals surface area (Å²) < 4.78 is 45.4. The number of alkyl halides is 3. The van der Waals surface area contributed by atoms with E-state index in [0.717, 1.165) is 43.6 Å². The Labute approximate surface area is 212 Å². The second-order valence-corrected chi connectivity index (χ2v) is 9.67. The number of carboxylic acid groups (broad SMARTS) is 1. The maximum absolute atomic E-state index is 13.4. The Balaban J connectivity index is 1.41. The molecule has 7 nitrogen and oxygen atoms in total. The van der Waals surface area contributed by atoms with Gasteiger partial charge >= 0.3 is 12.1 Å². The molecule has 11 heteroatoms. The number of aromatic nitrogens is 1. The van der Waals surface area contributed by atoms with Crippen LogP contribution in [0.1, 0.15) is 31.7 Å². The van der Waals surface area contributed by atoms with E-state index in [1.165, 1.54) is 11.9 Å². The summed E-state index contributed by atoms with van der Waals surface area (Å²) in [5, 5.41) is 14.8. The monoisotopic (exact) mass is 524 g/mol. The molecule has 194 valence electrons. The minimum Gasteiger partial charge on any atom is -0.481 e. The van der Waals surface area contributed by atoms with Crippen LogP contribution in [-0.2, 0) is 11.2 Å². The molecule has 36 heavy (non-hydrogen) atoms. The maximum Gasteiger partial charge on any atom is 0.431 e. The van der Waals surface area contributed by atoms with Crippen molar-refractivity contribution < 1.29 is 27.8 Å². The van der Waals surface area contributed by atoms with Crippen molar-refractivity contribution in [1.82, 2.24) is 4.98 Å². The summed E-state index contributed by atoms with van der Waals surface area (Å²) >= 11 is 6.33. The van der Waals surface area contributed by atoms with Crippen molar-refractivity contribution in [2.75, 3.05) is 30.1 Å². The molecule has 4 rings (SSSR count). The predicted octanol–water partition coefficient (Wildman–Crippen LogP) is 5.42. The Hall–Kier alpha value is -3.01. The molecule has 0 bridgehead atoms. The Morgan fingerprint density at radius 2 is 1.89 bits per heavy atom. The molecule has 1 saturated heterocycles. The lowest BCUT2D eigenvalue weighted by Crippen LogP contribution is -2.36. The molecule has 1 fully saturated rings. The maximum atomic E-state index is 13.4. The number of pyridine rings is 1. The minimum absolute atomic E-state index is 0.433. The SMILES string of the molecule is COc1cc(N2CCC(Cc3ccc(N4N=C(C(F)(F)F)[C@@H](C)[C@@H]4CC(=O)O)cc3)CC2)c(Cl)cn1. The highest BCUT2D eigenvalue weighted by atomic mass is 35.5. The number of halogens is 4. The number of hydrogen-bond acceptors (Lipinski definition) is 6. The number of hydrogen-bond donors (Lipinski definition) is 1.